The van der Waals surface area contributed by atoms with Gasteiger partial charge in [-0.1, -0.05) is 13.8 Å². The second-order valence-corrected chi connectivity index (χ2v) is 4.12. The maximum absolute atomic E-state index is 5.33. The lowest BCUT2D eigenvalue weighted by atomic mass is 10.1. The summed E-state index contributed by atoms with van der Waals surface area (Å²) < 4.78 is 10.5. The van der Waals surface area contributed by atoms with E-state index in [1.165, 1.54) is 6.33 Å². The third kappa shape index (κ3) is 4.56. The lowest BCUT2D eigenvalue weighted by Crippen LogP contribution is -2.30. The number of anilines is 1. The van der Waals surface area contributed by atoms with Crippen molar-refractivity contribution in [2.24, 2.45) is 5.92 Å². The third-order valence-electron chi connectivity index (χ3n) is 2.42. The Morgan fingerprint density at radius 3 is 2.71 bits per heavy atom. The Kier molecular flexibility index (Phi) is 5.69. The highest BCUT2D eigenvalue weighted by Crippen LogP contribution is 2.14. The van der Waals surface area contributed by atoms with Gasteiger partial charge in [-0.05, 0) is 12.8 Å². The predicted octanol–water partition coefficient (Wildman–Crippen LogP) is 1.96. The number of methoxy groups -OCH3 is 1. The summed E-state index contributed by atoms with van der Waals surface area (Å²) in [5, 5.41) is 3.32. The first-order valence-electron chi connectivity index (χ1n) is 5.87. The van der Waals surface area contributed by atoms with Gasteiger partial charge in [0.05, 0.1) is 19.3 Å². The number of ether oxygens (including phenoxy) is 2. The summed E-state index contributed by atoms with van der Waals surface area (Å²) in [6.07, 6.45) is 1.50. The highest BCUT2D eigenvalue weighted by atomic mass is 16.5. The summed E-state index contributed by atoms with van der Waals surface area (Å²) in [6.45, 7) is 7.45. The Bertz CT molecular complexity index is 331. The van der Waals surface area contributed by atoms with Gasteiger partial charge in [-0.25, -0.2) is 9.97 Å². The Labute approximate surface area is 103 Å². The molecule has 0 fully saturated rings. The van der Waals surface area contributed by atoms with Gasteiger partial charge in [0.25, 0.3) is 0 Å². The summed E-state index contributed by atoms with van der Waals surface area (Å²) in [4.78, 5) is 8.19. The van der Waals surface area contributed by atoms with E-state index in [1.807, 2.05) is 6.92 Å². The first-order chi connectivity index (χ1) is 8.17. The standard InChI is InChI=1S/C12H21N3O2/c1-5-17-12-6-11(13-8-14-12)15-10(7-16-4)9(2)3/h6,8-10H,5,7H2,1-4H3,(H,13,14,15). The van der Waals surface area contributed by atoms with Crippen LogP contribution in [0.5, 0.6) is 5.88 Å². The summed E-state index contributed by atoms with van der Waals surface area (Å²) in [6, 6.07) is 2.03. The van der Waals surface area contributed by atoms with Crippen molar-refractivity contribution in [3.05, 3.63) is 12.4 Å². The Balaban J connectivity index is 2.68. The molecule has 0 aliphatic carbocycles. The Morgan fingerprint density at radius 2 is 2.12 bits per heavy atom. The molecule has 0 spiro atoms. The number of hydrogen-bond donors (Lipinski definition) is 1. The molecule has 0 amide bonds. The molecule has 0 radical (unpaired) electrons. The van der Waals surface area contributed by atoms with E-state index < -0.39 is 0 Å². The Hall–Kier alpha value is -1.36. The Morgan fingerprint density at radius 1 is 1.35 bits per heavy atom. The van der Waals surface area contributed by atoms with Crippen molar-refractivity contribution in [2.75, 3.05) is 25.6 Å². The monoisotopic (exact) mass is 239 g/mol. The average Bonchev–Trinajstić information content (AvgIpc) is 2.29. The van der Waals surface area contributed by atoms with Crippen LogP contribution in [0.2, 0.25) is 0 Å². The molecule has 0 aliphatic rings. The van der Waals surface area contributed by atoms with Crippen LogP contribution in [0.1, 0.15) is 20.8 Å². The van der Waals surface area contributed by atoms with E-state index in [4.69, 9.17) is 9.47 Å². The van der Waals surface area contributed by atoms with Gasteiger partial charge in [0, 0.05) is 13.2 Å². The van der Waals surface area contributed by atoms with Crippen LogP contribution >= 0.6 is 0 Å². The molecule has 1 aromatic heterocycles. The minimum absolute atomic E-state index is 0.226. The molecule has 1 N–H and O–H groups in total. The molecule has 1 atom stereocenters. The van der Waals surface area contributed by atoms with Crippen molar-refractivity contribution in [3.8, 4) is 5.88 Å². The number of aromatic nitrogens is 2. The molecule has 1 rings (SSSR count). The van der Waals surface area contributed by atoms with Crippen LogP contribution in [0.25, 0.3) is 0 Å². The molecule has 5 heteroatoms. The topological polar surface area (TPSA) is 56.3 Å². The molecule has 0 bridgehead atoms. The first kappa shape index (κ1) is 13.7. The van der Waals surface area contributed by atoms with Gasteiger partial charge in [-0.3, -0.25) is 0 Å². The van der Waals surface area contributed by atoms with Crippen LogP contribution in [-0.4, -0.2) is 36.3 Å². The zero-order chi connectivity index (χ0) is 12.7. The van der Waals surface area contributed by atoms with Crippen LogP contribution in [0.4, 0.5) is 5.82 Å². The van der Waals surface area contributed by atoms with Crippen molar-refractivity contribution >= 4 is 5.82 Å². The van der Waals surface area contributed by atoms with Gasteiger partial charge in [-0.2, -0.15) is 0 Å². The molecule has 0 saturated carbocycles. The van der Waals surface area contributed by atoms with Crippen molar-refractivity contribution in [2.45, 2.75) is 26.8 Å². The van der Waals surface area contributed by atoms with Crippen LogP contribution < -0.4 is 10.1 Å². The van der Waals surface area contributed by atoms with Gasteiger partial charge >= 0.3 is 0 Å². The van der Waals surface area contributed by atoms with Crippen molar-refractivity contribution in [3.63, 3.8) is 0 Å². The average molecular weight is 239 g/mol. The summed E-state index contributed by atoms with van der Waals surface area (Å²) in [7, 11) is 1.70. The normalized spacial score (nSPS) is 12.5. The minimum atomic E-state index is 0.226. The molecular weight excluding hydrogens is 218 g/mol. The van der Waals surface area contributed by atoms with Gasteiger partial charge in [0.1, 0.15) is 12.1 Å². The SMILES string of the molecule is CCOc1cc(NC(COC)C(C)C)ncn1. The molecule has 5 nitrogen and oxygen atoms in total. The van der Waals surface area contributed by atoms with Crippen molar-refractivity contribution < 1.29 is 9.47 Å². The van der Waals surface area contributed by atoms with Gasteiger partial charge in [0.15, 0.2) is 0 Å². The predicted molar refractivity (Wildman–Crippen MR) is 67.3 cm³/mol. The minimum Gasteiger partial charge on any atom is -0.478 e. The van der Waals surface area contributed by atoms with Crippen LogP contribution in [0, 0.1) is 5.92 Å². The lowest BCUT2D eigenvalue weighted by Gasteiger charge is -2.22. The number of nitrogens with one attached hydrogen (secondary N) is 1. The van der Waals surface area contributed by atoms with Gasteiger partial charge in [0.2, 0.25) is 5.88 Å². The lowest BCUT2D eigenvalue weighted by molar-refractivity contribution is 0.171. The summed E-state index contributed by atoms with van der Waals surface area (Å²) in [5.74, 6) is 1.81. The van der Waals surface area contributed by atoms with E-state index in [1.54, 1.807) is 13.2 Å². The number of hydrogen-bond acceptors (Lipinski definition) is 5. The molecule has 1 aromatic rings. The smallest absolute Gasteiger partial charge is 0.218 e. The third-order valence-corrected chi connectivity index (χ3v) is 2.42. The second-order valence-electron chi connectivity index (χ2n) is 4.12. The zero-order valence-electron chi connectivity index (χ0n) is 10.9. The maximum atomic E-state index is 5.33. The second kappa shape index (κ2) is 7.06. The van der Waals surface area contributed by atoms with E-state index in [0.717, 1.165) is 5.82 Å². The quantitative estimate of drug-likeness (QED) is 0.788. The summed E-state index contributed by atoms with van der Waals surface area (Å²) >= 11 is 0. The molecule has 1 heterocycles. The maximum Gasteiger partial charge on any atom is 0.218 e. The van der Waals surface area contributed by atoms with E-state index in [9.17, 15) is 0 Å². The molecular formula is C12H21N3O2. The number of rotatable bonds is 7. The molecule has 96 valence electrons. The van der Waals surface area contributed by atoms with E-state index >= 15 is 0 Å². The summed E-state index contributed by atoms with van der Waals surface area (Å²) in [5.41, 5.74) is 0. The van der Waals surface area contributed by atoms with Crippen LogP contribution in [0.15, 0.2) is 12.4 Å². The fraction of sp³-hybridized carbons (Fsp3) is 0.667. The fourth-order valence-corrected chi connectivity index (χ4v) is 1.42. The highest BCUT2D eigenvalue weighted by Gasteiger charge is 2.13. The van der Waals surface area contributed by atoms with E-state index in [-0.39, 0.29) is 6.04 Å². The van der Waals surface area contributed by atoms with E-state index in [2.05, 4.69) is 29.1 Å². The fourth-order valence-electron chi connectivity index (χ4n) is 1.42. The molecule has 0 aromatic carbocycles. The van der Waals surface area contributed by atoms with Crippen molar-refractivity contribution in [1.82, 2.24) is 9.97 Å². The van der Waals surface area contributed by atoms with Crippen LogP contribution in [0.3, 0.4) is 0 Å². The molecule has 0 aliphatic heterocycles. The number of nitrogens with zero attached hydrogens (tertiary/aromatic N) is 2. The van der Waals surface area contributed by atoms with Gasteiger partial charge in [-0.15, -0.1) is 0 Å². The zero-order valence-corrected chi connectivity index (χ0v) is 10.9. The molecule has 0 saturated heterocycles. The first-order valence-corrected chi connectivity index (χ1v) is 5.87. The molecule has 1 unspecified atom stereocenters. The van der Waals surface area contributed by atoms with Crippen molar-refractivity contribution in [1.29, 1.82) is 0 Å². The van der Waals surface area contributed by atoms with Gasteiger partial charge < -0.3 is 14.8 Å². The van der Waals surface area contributed by atoms with E-state index in [0.29, 0.717) is 25.0 Å². The highest BCUT2D eigenvalue weighted by molar-refractivity contribution is 5.38. The molecule has 17 heavy (non-hydrogen) atoms. The van der Waals surface area contributed by atoms with Crippen LogP contribution in [-0.2, 0) is 4.74 Å². The largest absolute Gasteiger partial charge is 0.478 e.